The molecule has 3 aromatic rings. The fourth-order valence-electron chi connectivity index (χ4n) is 6.39. The Balaban J connectivity index is 0.000000265. The van der Waals surface area contributed by atoms with Crippen molar-refractivity contribution in [2.75, 3.05) is 14.1 Å². The van der Waals surface area contributed by atoms with Gasteiger partial charge in [0.25, 0.3) is 0 Å². The summed E-state index contributed by atoms with van der Waals surface area (Å²) in [6.07, 6.45) is 6.18. The minimum Gasteiger partial charge on any atom is -0.685 e. The van der Waals surface area contributed by atoms with Gasteiger partial charge in [0.1, 0.15) is 0 Å². The molecule has 224 valence electrons. The largest absolute Gasteiger partial charge is 2.00 e. The molecule has 1 fully saturated rings. The molecular formula is C35H49N5Pt. The Labute approximate surface area is 263 Å². The number of aliphatic imine (C=N–C) groups is 1. The Hall–Kier alpha value is -2.52. The summed E-state index contributed by atoms with van der Waals surface area (Å²) in [7, 11) is 3.64. The van der Waals surface area contributed by atoms with Gasteiger partial charge < -0.3 is 15.5 Å². The van der Waals surface area contributed by atoms with Crippen molar-refractivity contribution in [3.8, 4) is 0 Å². The second-order valence-corrected chi connectivity index (χ2v) is 12.0. The van der Waals surface area contributed by atoms with Crippen LogP contribution in [0.5, 0.6) is 0 Å². The number of fused-ring (bicyclic) bond motifs is 6. The number of allylic oxidation sites excluding steroid dienone is 2. The molecule has 2 aromatic heterocycles. The van der Waals surface area contributed by atoms with Gasteiger partial charge in [0.2, 0.25) is 0 Å². The smallest absolute Gasteiger partial charge is 0.685 e. The molecule has 0 spiro atoms. The number of hydrogen-bond acceptors (Lipinski definition) is 3. The van der Waals surface area contributed by atoms with E-state index in [2.05, 4.69) is 105 Å². The van der Waals surface area contributed by atoms with Crippen LogP contribution in [-0.4, -0.2) is 29.9 Å². The van der Waals surface area contributed by atoms with Crippen molar-refractivity contribution in [2.45, 2.75) is 86.5 Å². The minimum absolute atomic E-state index is 0. The van der Waals surface area contributed by atoms with Crippen LogP contribution in [0.1, 0.15) is 104 Å². The molecule has 0 saturated heterocycles. The molecule has 2 bridgehead atoms. The first-order valence-electron chi connectivity index (χ1n) is 14.8. The molecule has 1 saturated carbocycles. The normalized spacial score (nSPS) is 21.5. The van der Waals surface area contributed by atoms with Crippen molar-refractivity contribution in [1.29, 1.82) is 0 Å². The quantitative estimate of drug-likeness (QED) is 0.238. The van der Waals surface area contributed by atoms with Crippen LogP contribution in [0.2, 0.25) is 0 Å². The Morgan fingerprint density at radius 2 is 1.78 bits per heavy atom. The van der Waals surface area contributed by atoms with E-state index in [0.29, 0.717) is 17.8 Å². The summed E-state index contributed by atoms with van der Waals surface area (Å²) in [5.41, 5.74) is 8.15. The van der Waals surface area contributed by atoms with Crippen molar-refractivity contribution in [3.05, 3.63) is 82.7 Å². The third-order valence-electron chi connectivity index (χ3n) is 9.69. The van der Waals surface area contributed by atoms with Crippen molar-refractivity contribution >= 4 is 22.2 Å². The van der Waals surface area contributed by atoms with Crippen molar-refractivity contribution in [3.63, 3.8) is 0 Å². The molecule has 5 nitrogen and oxygen atoms in total. The monoisotopic (exact) mass is 734 g/mol. The molecular weight excluding hydrogens is 685 g/mol. The van der Waals surface area contributed by atoms with E-state index < -0.39 is 0 Å². The topological polar surface area (TPSA) is 66.3 Å². The number of nitrogens with zero attached hydrogens (tertiary/aromatic N) is 5. The molecule has 3 atom stereocenters. The molecule has 41 heavy (non-hydrogen) atoms. The van der Waals surface area contributed by atoms with Gasteiger partial charge in [-0.3, -0.25) is 9.98 Å². The van der Waals surface area contributed by atoms with Crippen LogP contribution in [-0.2, 0) is 26.5 Å². The molecule has 0 amide bonds. The summed E-state index contributed by atoms with van der Waals surface area (Å²) < 4.78 is 0. The van der Waals surface area contributed by atoms with Gasteiger partial charge in [0, 0.05) is 41.1 Å². The maximum Gasteiger partial charge on any atom is 2.00 e. The first-order chi connectivity index (χ1) is 19.0. The molecule has 5 rings (SSSR count). The maximum absolute atomic E-state index is 4.59. The predicted molar refractivity (Wildman–Crippen MR) is 172 cm³/mol. The Morgan fingerprint density at radius 3 is 2.34 bits per heavy atom. The Bertz CT molecular complexity index is 1400. The van der Waals surface area contributed by atoms with Gasteiger partial charge >= 0.3 is 21.1 Å². The van der Waals surface area contributed by atoms with Crippen LogP contribution in [0.3, 0.4) is 0 Å². The number of rotatable bonds is 6. The fourth-order valence-corrected chi connectivity index (χ4v) is 6.39. The zero-order chi connectivity index (χ0) is 29.8. The van der Waals surface area contributed by atoms with Gasteiger partial charge in [-0.2, -0.15) is 0 Å². The van der Waals surface area contributed by atoms with Crippen LogP contribution in [0.25, 0.3) is 21.8 Å². The molecule has 0 radical (unpaired) electrons. The first kappa shape index (κ1) is 34.7. The molecule has 2 heterocycles. The first-order valence-corrected chi connectivity index (χ1v) is 14.8. The van der Waals surface area contributed by atoms with E-state index in [1.807, 2.05) is 33.2 Å². The number of benzene rings is 1. The van der Waals surface area contributed by atoms with E-state index in [-0.39, 0.29) is 31.9 Å². The zero-order valence-electron chi connectivity index (χ0n) is 26.9. The Kier molecular flexibility index (Phi) is 11.9. The van der Waals surface area contributed by atoms with Gasteiger partial charge in [-0.05, 0) is 66.0 Å². The molecule has 0 aliphatic heterocycles. The molecule has 1 aromatic carbocycles. The summed E-state index contributed by atoms with van der Waals surface area (Å²) in [6.45, 7) is 23.8. The van der Waals surface area contributed by atoms with E-state index in [1.165, 1.54) is 40.4 Å². The summed E-state index contributed by atoms with van der Waals surface area (Å²) in [4.78, 5) is 8.87. The van der Waals surface area contributed by atoms with Crippen LogP contribution in [0.15, 0.2) is 59.7 Å². The van der Waals surface area contributed by atoms with E-state index in [4.69, 9.17) is 0 Å². The third kappa shape index (κ3) is 6.16. The van der Waals surface area contributed by atoms with Crippen molar-refractivity contribution in [1.82, 2.24) is 15.2 Å². The van der Waals surface area contributed by atoms with Crippen LogP contribution >= 0.6 is 0 Å². The third-order valence-corrected chi connectivity index (χ3v) is 9.69. The molecule has 2 aliphatic rings. The van der Waals surface area contributed by atoms with E-state index in [1.54, 1.807) is 13.1 Å². The molecule has 3 unspecified atom stereocenters. The van der Waals surface area contributed by atoms with E-state index in [9.17, 15) is 0 Å². The Morgan fingerprint density at radius 1 is 1.15 bits per heavy atom. The summed E-state index contributed by atoms with van der Waals surface area (Å²) >= 11 is 0. The zero-order valence-corrected chi connectivity index (χ0v) is 29.2. The van der Waals surface area contributed by atoms with E-state index in [0.717, 1.165) is 22.8 Å². The second-order valence-electron chi connectivity index (χ2n) is 12.0. The number of aromatic nitrogens is 3. The average molecular weight is 735 g/mol. The molecule has 6 heteroatoms. The maximum atomic E-state index is 4.59. The van der Waals surface area contributed by atoms with Crippen LogP contribution in [0.4, 0.5) is 0 Å². The van der Waals surface area contributed by atoms with Gasteiger partial charge in [0.15, 0.2) is 0 Å². The van der Waals surface area contributed by atoms with Crippen LogP contribution < -0.4 is 5.10 Å². The van der Waals surface area contributed by atoms with E-state index >= 15 is 0 Å². The van der Waals surface area contributed by atoms with Crippen molar-refractivity contribution < 1.29 is 21.1 Å². The minimum atomic E-state index is 0. The average Bonchev–Trinajstić information content (AvgIpc) is 3.54. The van der Waals surface area contributed by atoms with Gasteiger partial charge in [-0.15, -0.1) is 12.7 Å². The van der Waals surface area contributed by atoms with Gasteiger partial charge in [-0.1, -0.05) is 97.5 Å². The SMILES string of the molecule is C=CC(=NC)c1[n-]nc2c1C1CCC2(C)C1(C)C.CC.C[N-]/C(=C(\C)C(C)C(C)C)c1cc2ccccc2cn1.[Pt+2]. The molecule has 0 N–H and O–H groups in total. The van der Waals surface area contributed by atoms with Crippen LogP contribution in [0, 0.1) is 17.3 Å². The second kappa shape index (κ2) is 14.1. The fraction of sp³-hybridized carbons (Fsp3) is 0.514. The van der Waals surface area contributed by atoms with Crippen molar-refractivity contribution in [2.24, 2.45) is 22.2 Å². The van der Waals surface area contributed by atoms with Gasteiger partial charge in [0.05, 0.1) is 0 Å². The van der Waals surface area contributed by atoms with Gasteiger partial charge in [-0.25, -0.2) is 0 Å². The summed E-state index contributed by atoms with van der Waals surface area (Å²) in [6, 6.07) is 10.4. The number of hydrogen-bond donors (Lipinski definition) is 0. The standard InChI is InChI=1S/C18H23N2.C15H20N3.C2H6.Pt/c1-12(2)13(3)14(4)18(19-5)17-10-15-8-6-7-9-16(15)11-20-17;1-6-10(16-5)12-11-9-7-8-15(4,14(9,2)3)13(11)18-17-12;1-2;/h6-13H,1-5H3;6,9H,1,7-8H2,2-5H3;1-2H3;/q2*-1;;+2/b18-14+;;;. The number of pyridine rings is 1. The molecule has 2 aliphatic carbocycles. The summed E-state index contributed by atoms with van der Waals surface area (Å²) in [5, 5.41) is 15.7. The predicted octanol–water partition coefficient (Wildman–Crippen LogP) is 9.10. The summed E-state index contributed by atoms with van der Waals surface area (Å²) in [5.74, 6) is 1.67.